The van der Waals surface area contributed by atoms with Crippen LogP contribution in [0.15, 0.2) is 29.4 Å². The van der Waals surface area contributed by atoms with Crippen molar-refractivity contribution in [3.63, 3.8) is 0 Å². The number of para-hydroxylation sites is 1. The Kier molecular flexibility index (Phi) is 2.98. The predicted octanol–water partition coefficient (Wildman–Crippen LogP) is 0.794. The Labute approximate surface area is 124 Å². The molecule has 0 fully saturated rings. The average molecular weight is 304 g/mol. The largest absolute Gasteiger partial charge is 0.322 e. The molecule has 1 aromatic carbocycles. The van der Waals surface area contributed by atoms with Crippen molar-refractivity contribution < 1.29 is 14.4 Å². The van der Waals surface area contributed by atoms with Gasteiger partial charge in [-0.15, -0.1) is 5.10 Å². The molecular formula is C13H12N4O3S. The zero-order valence-electron chi connectivity index (χ0n) is 11.3. The molecule has 2 aliphatic rings. The van der Waals surface area contributed by atoms with E-state index in [4.69, 9.17) is 0 Å². The molecule has 0 bridgehead atoms. The summed E-state index contributed by atoms with van der Waals surface area (Å²) in [5.74, 6) is -1.05. The molecule has 0 saturated heterocycles. The summed E-state index contributed by atoms with van der Waals surface area (Å²) in [5.41, 5.74) is 1.29. The lowest BCUT2D eigenvalue weighted by Crippen LogP contribution is -2.45. The highest BCUT2D eigenvalue weighted by Gasteiger charge is 2.58. The fourth-order valence-electron chi connectivity index (χ4n) is 2.39. The van der Waals surface area contributed by atoms with Gasteiger partial charge < -0.3 is 10.6 Å². The third kappa shape index (κ3) is 1.90. The quantitative estimate of drug-likeness (QED) is 0.741. The van der Waals surface area contributed by atoms with Gasteiger partial charge in [0.05, 0.1) is 0 Å². The fraction of sp³-hybridized carbons (Fsp3) is 0.231. The minimum atomic E-state index is -1.29. The van der Waals surface area contributed by atoms with Crippen molar-refractivity contribution in [2.24, 2.45) is 5.10 Å². The van der Waals surface area contributed by atoms with Crippen LogP contribution in [0.4, 0.5) is 5.69 Å². The summed E-state index contributed by atoms with van der Waals surface area (Å²) in [6.45, 7) is 2.67. The molecule has 1 aromatic rings. The van der Waals surface area contributed by atoms with Crippen molar-refractivity contribution in [2.75, 3.05) is 5.32 Å². The van der Waals surface area contributed by atoms with E-state index in [1.54, 1.807) is 24.3 Å². The van der Waals surface area contributed by atoms with Crippen LogP contribution in [-0.4, -0.2) is 27.9 Å². The van der Waals surface area contributed by atoms with Crippen molar-refractivity contribution >= 4 is 40.3 Å². The van der Waals surface area contributed by atoms with Crippen molar-refractivity contribution in [1.29, 1.82) is 0 Å². The molecule has 21 heavy (non-hydrogen) atoms. The van der Waals surface area contributed by atoms with Crippen LogP contribution in [0, 0.1) is 0 Å². The molecule has 0 aromatic heterocycles. The maximum absolute atomic E-state index is 12.5. The maximum atomic E-state index is 12.5. The van der Waals surface area contributed by atoms with Crippen LogP contribution < -0.4 is 10.6 Å². The monoisotopic (exact) mass is 304 g/mol. The molecule has 2 aliphatic heterocycles. The van der Waals surface area contributed by atoms with Crippen molar-refractivity contribution in [1.82, 2.24) is 10.3 Å². The minimum absolute atomic E-state index is 0.226. The van der Waals surface area contributed by atoms with E-state index >= 15 is 0 Å². The number of hydrogen-bond acceptors (Lipinski definition) is 5. The number of benzene rings is 1. The van der Waals surface area contributed by atoms with Crippen molar-refractivity contribution in [2.45, 2.75) is 18.7 Å². The van der Waals surface area contributed by atoms with Crippen molar-refractivity contribution in [3.8, 4) is 0 Å². The van der Waals surface area contributed by atoms with Gasteiger partial charge in [0.25, 0.3) is 5.91 Å². The van der Waals surface area contributed by atoms with E-state index in [0.29, 0.717) is 11.3 Å². The van der Waals surface area contributed by atoms with Gasteiger partial charge in [0.2, 0.25) is 16.7 Å². The summed E-state index contributed by atoms with van der Waals surface area (Å²) in [6.07, 6.45) is 0. The molecule has 2 N–H and O–H groups in total. The SMILES string of the molecule is CC(=O)NC1=NN(C(C)=O)[C@@]2(S1)C(=O)Nc1ccccc12. The number of amidine groups is 1. The summed E-state index contributed by atoms with van der Waals surface area (Å²) in [5, 5.41) is 10.7. The van der Waals surface area contributed by atoms with Crippen LogP contribution in [0.25, 0.3) is 0 Å². The smallest absolute Gasteiger partial charge is 0.268 e. The van der Waals surface area contributed by atoms with E-state index in [1.165, 1.54) is 13.8 Å². The third-order valence-electron chi connectivity index (χ3n) is 3.16. The molecular weight excluding hydrogens is 292 g/mol. The Hall–Kier alpha value is -2.35. The van der Waals surface area contributed by atoms with E-state index in [0.717, 1.165) is 16.8 Å². The number of hydrogen-bond donors (Lipinski definition) is 2. The molecule has 0 aliphatic carbocycles. The van der Waals surface area contributed by atoms with Crippen LogP contribution in [-0.2, 0) is 19.3 Å². The summed E-state index contributed by atoms with van der Waals surface area (Å²) in [6, 6.07) is 7.11. The first-order valence-electron chi connectivity index (χ1n) is 6.22. The summed E-state index contributed by atoms with van der Waals surface area (Å²) >= 11 is 1.05. The lowest BCUT2D eigenvalue weighted by atomic mass is 10.1. The number of amides is 3. The first-order valence-corrected chi connectivity index (χ1v) is 7.04. The molecule has 108 valence electrons. The number of carbonyl (C=O) groups is 3. The van der Waals surface area contributed by atoms with Gasteiger partial charge >= 0.3 is 0 Å². The fourth-order valence-corrected chi connectivity index (χ4v) is 3.67. The van der Waals surface area contributed by atoms with E-state index in [-0.39, 0.29) is 22.9 Å². The number of fused-ring (bicyclic) bond motifs is 2. The van der Waals surface area contributed by atoms with Gasteiger partial charge in [-0.25, -0.2) is 0 Å². The Balaban J connectivity index is 2.11. The van der Waals surface area contributed by atoms with Crippen LogP contribution in [0.1, 0.15) is 19.4 Å². The molecule has 1 spiro atoms. The highest BCUT2D eigenvalue weighted by Crippen LogP contribution is 2.51. The maximum Gasteiger partial charge on any atom is 0.268 e. The van der Waals surface area contributed by atoms with Crippen LogP contribution in [0.5, 0.6) is 0 Å². The molecule has 3 amide bonds. The Morgan fingerprint density at radius 1 is 1.33 bits per heavy atom. The number of anilines is 1. The number of nitrogens with one attached hydrogen (secondary N) is 2. The van der Waals surface area contributed by atoms with E-state index in [1.807, 2.05) is 0 Å². The van der Waals surface area contributed by atoms with E-state index in [2.05, 4.69) is 15.7 Å². The second-order valence-corrected chi connectivity index (χ2v) is 5.84. The average Bonchev–Trinajstić information content (AvgIpc) is 2.91. The van der Waals surface area contributed by atoms with E-state index in [9.17, 15) is 14.4 Å². The van der Waals surface area contributed by atoms with Crippen LogP contribution in [0.2, 0.25) is 0 Å². The standard InChI is InChI=1S/C13H12N4O3S/c1-7(18)14-12-16-17(8(2)19)13(21-12)9-5-3-4-6-10(9)15-11(13)20/h3-6H,1-2H3,(H,15,20)(H,14,16,18)/t13-/m0/s1. The van der Waals surface area contributed by atoms with Gasteiger partial charge in [-0.1, -0.05) is 18.2 Å². The Morgan fingerprint density at radius 2 is 2.05 bits per heavy atom. The minimum Gasteiger partial charge on any atom is -0.322 e. The summed E-state index contributed by atoms with van der Waals surface area (Å²) < 4.78 is 0. The normalized spacial score (nSPS) is 22.9. The second-order valence-electron chi connectivity index (χ2n) is 4.66. The van der Waals surface area contributed by atoms with Gasteiger partial charge in [-0.2, -0.15) is 5.01 Å². The Bertz CT molecular complexity index is 702. The number of rotatable bonds is 0. The van der Waals surface area contributed by atoms with Gasteiger partial charge in [-0.3, -0.25) is 14.4 Å². The topological polar surface area (TPSA) is 90.9 Å². The molecule has 7 nitrogen and oxygen atoms in total. The predicted molar refractivity (Wildman–Crippen MR) is 78.1 cm³/mol. The highest BCUT2D eigenvalue weighted by molar-refractivity contribution is 8.15. The van der Waals surface area contributed by atoms with Crippen LogP contribution in [0.3, 0.4) is 0 Å². The molecule has 1 atom stereocenters. The summed E-state index contributed by atoms with van der Waals surface area (Å²) in [4.78, 5) is 34.3. The zero-order chi connectivity index (χ0) is 15.2. The molecule has 8 heteroatoms. The number of hydrazone groups is 1. The van der Waals surface area contributed by atoms with Gasteiger partial charge in [0, 0.05) is 25.1 Å². The number of thioether (sulfide) groups is 1. The van der Waals surface area contributed by atoms with E-state index < -0.39 is 4.87 Å². The van der Waals surface area contributed by atoms with Gasteiger partial charge in [0.1, 0.15) is 0 Å². The lowest BCUT2D eigenvalue weighted by molar-refractivity contribution is -0.138. The number of nitrogens with zero attached hydrogens (tertiary/aromatic N) is 2. The Morgan fingerprint density at radius 3 is 2.71 bits per heavy atom. The molecule has 0 saturated carbocycles. The highest BCUT2D eigenvalue weighted by atomic mass is 32.2. The first kappa shape index (κ1) is 13.6. The summed E-state index contributed by atoms with van der Waals surface area (Å²) in [7, 11) is 0. The zero-order valence-corrected chi connectivity index (χ0v) is 12.2. The first-order chi connectivity index (χ1) is 9.95. The molecule has 2 heterocycles. The molecule has 0 unspecified atom stereocenters. The lowest BCUT2D eigenvalue weighted by Gasteiger charge is -2.28. The third-order valence-corrected chi connectivity index (χ3v) is 4.41. The number of carbonyl (C=O) groups excluding carboxylic acids is 3. The second kappa shape index (κ2) is 4.59. The van der Waals surface area contributed by atoms with Gasteiger partial charge in [-0.05, 0) is 17.8 Å². The van der Waals surface area contributed by atoms with Crippen molar-refractivity contribution in [3.05, 3.63) is 29.8 Å². The molecule has 0 radical (unpaired) electrons. The molecule has 3 rings (SSSR count). The van der Waals surface area contributed by atoms with Gasteiger partial charge in [0.15, 0.2) is 5.17 Å². The van der Waals surface area contributed by atoms with Crippen LogP contribution >= 0.6 is 11.8 Å².